The van der Waals surface area contributed by atoms with Crippen molar-refractivity contribution < 1.29 is 58.1 Å². The average molecular weight is 601 g/mol. The summed E-state index contributed by atoms with van der Waals surface area (Å²) in [4.78, 5) is 10.2. The van der Waals surface area contributed by atoms with E-state index in [1.165, 1.54) is 0 Å². The highest BCUT2D eigenvalue weighted by molar-refractivity contribution is 7.54. The van der Waals surface area contributed by atoms with Crippen molar-refractivity contribution in [1.82, 2.24) is 0 Å². The van der Waals surface area contributed by atoms with Gasteiger partial charge in [0.05, 0.1) is 36.2 Å². The molecule has 2 fully saturated rings. The molecule has 0 saturated carbocycles. The molecule has 11 unspecified atom stereocenters. The molecule has 0 radical (unpaired) electrons. The topological polar surface area (TPSA) is 174 Å². The lowest BCUT2D eigenvalue weighted by molar-refractivity contribution is -0.315. The minimum atomic E-state index is -4.03. The Balaban J connectivity index is 1.89. The van der Waals surface area contributed by atoms with Crippen molar-refractivity contribution in [2.75, 3.05) is 26.4 Å². The number of hydrogen-bond donors (Lipinski definition) is 5. The molecule has 12 nitrogen and oxygen atoms in total. The van der Waals surface area contributed by atoms with Gasteiger partial charge in [-0.25, -0.2) is 0 Å². The van der Waals surface area contributed by atoms with E-state index in [1.807, 2.05) is 20.8 Å². The zero-order valence-electron chi connectivity index (χ0n) is 25.3. The minimum absolute atomic E-state index is 0.168. The van der Waals surface area contributed by atoms with Gasteiger partial charge < -0.3 is 53.5 Å². The molecule has 2 aliphatic heterocycles. The predicted octanol–water partition coefficient (Wildman–Crippen LogP) is 2.17. The largest absolute Gasteiger partial charge is 0.390 e. The molecule has 40 heavy (non-hydrogen) atoms. The van der Waals surface area contributed by atoms with Gasteiger partial charge in [0, 0.05) is 25.0 Å². The third-order valence-electron chi connectivity index (χ3n) is 7.31. The normalized spacial score (nSPS) is 37.3. The van der Waals surface area contributed by atoms with Gasteiger partial charge >= 0.3 is 7.60 Å². The van der Waals surface area contributed by atoms with Gasteiger partial charge in [0.15, 0.2) is 12.6 Å². The van der Waals surface area contributed by atoms with Crippen molar-refractivity contribution in [2.45, 2.75) is 135 Å². The van der Waals surface area contributed by atoms with Gasteiger partial charge in [0.2, 0.25) is 0 Å². The quantitative estimate of drug-likeness (QED) is 0.154. The summed E-state index contributed by atoms with van der Waals surface area (Å²) < 4.78 is 46.8. The van der Waals surface area contributed by atoms with Gasteiger partial charge in [-0.1, -0.05) is 13.8 Å². The van der Waals surface area contributed by atoms with Crippen LogP contribution in [0.1, 0.15) is 74.7 Å². The van der Waals surface area contributed by atoms with Crippen LogP contribution in [0.5, 0.6) is 0 Å². The van der Waals surface area contributed by atoms with E-state index in [0.717, 1.165) is 19.3 Å². The van der Waals surface area contributed by atoms with Crippen LogP contribution >= 0.6 is 7.60 Å². The molecule has 5 N–H and O–H groups in total. The third-order valence-corrected chi connectivity index (χ3v) is 9.50. The SMILES string of the molecule is CC1C(OCCCCCOC(C)(C)C)OC(COC2OC(COP(=O)(O)C(C)(C)C)C(O)C(O)C2C)C(O)C1O. The highest BCUT2D eigenvalue weighted by atomic mass is 31.2. The Labute approximate surface area is 238 Å². The van der Waals surface area contributed by atoms with Crippen LogP contribution in [0.4, 0.5) is 0 Å². The summed E-state index contributed by atoms with van der Waals surface area (Å²) in [7, 11) is -4.03. The molecule has 0 aromatic carbocycles. The van der Waals surface area contributed by atoms with Crippen molar-refractivity contribution >= 4 is 7.60 Å². The number of ether oxygens (including phenoxy) is 5. The molecule has 238 valence electrons. The molecule has 11 atom stereocenters. The number of aliphatic hydroxyl groups is 4. The summed E-state index contributed by atoms with van der Waals surface area (Å²) in [5, 5.41) is 41.2. The van der Waals surface area contributed by atoms with E-state index in [4.69, 9.17) is 28.2 Å². The molecule has 13 heteroatoms. The van der Waals surface area contributed by atoms with Gasteiger partial charge in [0.1, 0.15) is 24.4 Å². The van der Waals surface area contributed by atoms with Crippen LogP contribution in [0.3, 0.4) is 0 Å². The standard InChI is InChI=1S/C27H53O12P/c1-16-20(28)22(30)18(38-24(16)34-12-10-9-11-13-36-26(3,4)5)14-35-25-17(2)21(29)23(31)19(39-25)15-37-40(32,33)27(6,7)8/h16-25,28-31H,9-15H2,1-8H3,(H,32,33). The fourth-order valence-corrected chi connectivity index (χ4v) is 5.05. The lowest BCUT2D eigenvalue weighted by atomic mass is 9.91. The van der Waals surface area contributed by atoms with Crippen molar-refractivity contribution in [3.05, 3.63) is 0 Å². The lowest BCUT2D eigenvalue weighted by Gasteiger charge is -2.44. The predicted molar refractivity (Wildman–Crippen MR) is 147 cm³/mol. The first-order chi connectivity index (χ1) is 18.4. The number of hydrogen-bond acceptors (Lipinski definition) is 11. The summed E-state index contributed by atoms with van der Waals surface area (Å²) in [6.45, 7) is 14.5. The molecule has 0 aliphatic carbocycles. The number of rotatable bonds is 13. The second-order valence-electron chi connectivity index (χ2n) is 13.0. The second-order valence-corrected chi connectivity index (χ2v) is 15.6. The summed E-state index contributed by atoms with van der Waals surface area (Å²) >= 11 is 0. The molecular formula is C27H53O12P. The molecular weight excluding hydrogens is 547 g/mol. The molecule has 2 rings (SSSR count). The van der Waals surface area contributed by atoms with Gasteiger partial charge in [0.25, 0.3) is 0 Å². The maximum Gasteiger partial charge on any atom is 0.333 e. The average Bonchev–Trinajstić information content (AvgIpc) is 2.84. The van der Waals surface area contributed by atoms with Crippen LogP contribution in [0.15, 0.2) is 0 Å². The van der Waals surface area contributed by atoms with E-state index >= 15 is 0 Å². The fraction of sp³-hybridized carbons (Fsp3) is 1.00. The first-order valence-electron chi connectivity index (χ1n) is 14.2. The van der Waals surface area contributed by atoms with Gasteiger partial charge in [-0.05, 0) is 60.8 Å². The zero-order valence-corrected chi connectivity index (χ0v) is 26.2. The van der Waals surface area contributed by atoms with Crippen molar-refractivity contribution in [3.8, 4) is 0 Å². The Morgan fingerprint density at radius 3 is 1.68 bits per heavy atom. The maximum absolute atomic E-state index is 12.5. The van der Waals surface area contributed by atoms with Gasteiger partial charge in [-0.2, -0.15) is 0 Å². The van der Waals surface area contributed by atoms with Crippen molar-refractivity contribution in [3.63, 3.8) is 0 Å². The van der Waals surface area contributed by atoms with Crippen LogP contribution in [-0.4, -0.2) is 112 Å². The fourth-order valence-electron chi connectivity index (χ4n) is 4.31. The van der Waals surface area contributed by atoms with Crippen LogP contribution < -0.4 is 0 Å². The van der Waals surface area contributed by atoms with Crippen LogP contribution in [0.25, 0.3) is 0 Å². The van der Waals surface area contributed by atoms with E-state index in [1.54, 1.807) is 34.6 Å². The molecule has 0 aromatic rings. The second kappa shape index (κ2) is 15.0. The first kappa shape index (κ1) is 36.0. The molecule has 2 aliphatic rings. The van der Waals surface area contributed by atoms with Gasteiger partial charge in [-0.3, -0.25) is 4.57 Å². The summed E-state index contributed by atoms with van der Waals surface area (Å²) in [5.74, 6) is -1.15. The zero-order chi connectivity index (χ0) is 30.5. The monoisotopic (exact) mass is 600 g/mol. The molecule has 0 aromatic heterocycles. The summed E-state index contributed by atoms with van der Waals surface area (Å²) in [6, 6.07) is 0. The van der Waals surface area contributed by atoms with E-state index in [9.17, 15) is 29.9 Å². The molecule has 0 bridgehead atoms. The Morgan fingerprint density at radius 1 is 0.700 bits per heavy atom. The molecule has 2 saturated heterocycles. The highest BCUT2D eigenvalue weighted by Crippen LogP contribution is 2.55. The van der Waals surface area contributed by atoms with E-state index in [-0.39, 0.29) is 12.2 Å². The van der Waals surface area contributed by atoms with Crippen molar-refractivity contribution in [2.24, 2.45) is 11.8 Å². The minimum Gasteiger partial charge on any atom is -0.390 e. The van der Waals surface area contributed by atoms with E-state index in [2.05, 4.69) is 0 Å². The summed E-state index contributed by atoms with van der Waals surface area (Å²) in [6.07, 6.45) is -6.26. The first-order valence-corrected chi connectivity index (χ1v) is 15.8. The Kier molecular flexibility index (Phi) is 13.5. The lowest BCUT2D eigenvalue weighted by Crippen LogP contribution is -2.58. The number of unbranched alkanes of at least 4 members (excludes halogenated alkanes) is 2. The van der Waals surface area contributed by atoms with Gasteiger partial charge in [-0.15, -0.1) is 0 Å². The molecule has 0 amide bonds. The van der Waals surface area contributed by atoms with Crippen LogP contribution in [0, 0.1) is 11.8 Å². The van der Waals surface area contributed by atoms with Crippen LogP contribution in [0.2, 0.25) is 0 Å². The number of aliphatic hydroxyl groups excluding tert-OH is 4. The Hall–Kier alpha value is -0.210. The highest BCUT2D eigenvalue weighted by Gasteiger charge is 2.47. The van der Waals surface area contributed by atoms with E-state index < -0.39 is 80.4 Å². The molecule has 0 spiro atoms. The third kappa shape index (κ3) is 10.2. The Morgan fingerprint density at radius 2 is 1.18 bits per heavy atom. The van der Waals surface area contributed by atoms with Crippen molar-refractivity contribution in [1.29, 1.82) is 0 Å². The van der Waals surface area contributed by atoms with Crippen LogP contribution in [-0.2, 0) is 32.8 Å². The maximum atomic E-state index is 12.5. The van der Waals surface area contributed by atoms with E-state index in [0.29, 0.717) is 13.2 Å². The smallest absolute Gasteiger partial charge is 0.333 e. The Bertz CT molecular complexity index is 799. The molecule has 2 heterocycles. The summed E-state index contributed by atoms with van der Waals surface area (Å²) in [5.41, 5.74) is -0.168.